The molecule has 0 aromatic heterocycles. The van der Waals surface area contributed by atoms with Gasteiger partial charge in [0.25, 0.3) is 0 Å². The summed E-state index contributed by atoms with van der Waals surface area (Å²) in [6.07, 6.45) is -0.947. The molecule has 3 rings (SSSR count). The van der Waals surface area contributed by atoms with Crippen LogP contribution in [0.1, 0.15) is 27.9 Å². The Labute approximate surface area is 167 Å². The van der Waals surface area contributed by atoms with Gasteiger partial charge in [0.05, 0.1) is 12.5 Å². The smallest absolute Gasteiger partial charge is 0.248 e. The maximum absolute atomic E-state index is 13.9. The number of likely N-dealkylation sites (tertiary alicyclic amines) is 1. The number of β-amino-alcohol motifs (C(OH)–C–C–N with tert-alkyl or cyclic N) is 1. The number of anilines is 1. The fourth-order valence-corrected chi connectivity index (χ4v) is 3.49. The summed E-state index contributed by atoms with van der Waals surface area (Å²) in [4.78, 5) is 38.0. The fourth-order valence-electron chi connectivity index (χ4n) is 3.49. The van der Waals surface area contributed by atoms with Crippen LogP contribution in [0.5, 0.6) is 0 Å². The monoisotopic (exact) mass is 399 g/mol. The van der Waals surface area contributed by atoms with Crippen LogP contribution in [0.4, 0.5) is 10.1 Å². The largest absolute Gasteiger partial charge is 0.391 e. The van der Waals surface area contributed by atoms with Gasteiger partial charge in [-0.1, -0.05) is 18.2 Å². The van der Waals surface area contributed by atoms with Gasteiger partial charge in [0.1, 0.15) is 11.9 Å². The molecule has 1 fully saturated rings. The number of nitrogens with two attached hydrogens (primary N) is 1. The number of carbonyl (C=O) groups excluding carboxylic acids is 3. The molecule has 8 heteroatoms. The number of aliphatic hydroxyl groups is 1. The molecule has 1 heterocycles. The van der Waals surface area contributed by atoms with Gasteiger partial charge in [-0.15, -0.1) is 0 Å². The van der Waals surface area contributed by atoms with E-state index in [4.69, 9.17) is 5.73 Å². The molecule has 152 valence electrons. The van der Waals surface area contributed by atoms with Crippen LogP contribution in [0.15, 0.2) is 42.5 Å². The summed E-state index contributed by atoms with van der Waals surface area (Å²) in [6, 6.07) is 9.73. The Morgan fingerprint density at radius 3 is 2.62 bits per heavy atom. The van der Waals surface area contributed by atoms with E-state index in [0.29, 0.717) is 16.8 Å². The van der Waals surface area contributed by atoms with E-state index in [1.165, 1.54) is 29.2 Å². The third-order valence-corrected chi connectivity index (χ3v) is 4.96. The number of nitrogens with one attached hydrogen (secondary N) is 1. The summed E-state index contributed by atoms with van der Waals surface area (Å²) >= 11 is 0. The van der Waals surface area contributed by atoms with E-state index in [1.54, 1.807) is 25.1 Å². The molecule has 3 amide bonds. The fraction of sp³-hybridized carbons (Fsp3) is 0.286. The zero-order chi connectivity index (χ0) is 21.1. The van der Waals surface area contributed by atoms with Gasteiger partial charge in [0, 0.05) is 24.2 Å². The van der Waals surface area contributed by atoms with Crippen molar-refractivity contribution in [1.82, 2.24) is 4.90 Å². The van der Waals surface area contributed by atoms with E-state index < -0.39 is 35.7 Å². The van der Waals surface area contributed by atoms with Crippen molar-refractivity contribution in [3.05, 3.63) is 65.0 Å². The average molecular weight is 399 g/mol. The number of rotatable bonds is 5. The van der Waals surface area contributed by atoms with Crippen molar-refractivity contribution < 1.29 is 23.9 Å². The molecule has 7 nitrogen and oxygen atoms in total. The third-order valence-electron chi connectivity index (χ3n) is 4.96. The van der Waals surface area contributed by atoms with Gasteiger partial charge in [-0.2, -0.15) is 0 Å². The van der Waals surface area contributed by atoms with Gasteiger partial charge in [-0.05, 0) is 42.3 Å². The van der Waals surface area contributed by atoms with Crippen LogP contribution in [0.2, 0.25) is 0 Å². The lowest BCUT2D eigenvalue weighted by atomic mass is 10.1. The molecule has 2 aromatic carbocycles. The predicted octanol–water partition coefficient (Wildman–Crippen LogP) is 1.38. The topological polar surface area (TPSA) is 113 Å². The van der Waals surface area contributed by atoms with Crippen molar-refractivity contribution >= 4 is 23.4 Å². The molecule has 0 saturated carbocycles. The Kier molecular flexibility index (Phi) is 5.93. The van der Waals surface area contributed by atoms with Gasteiger partial charge in [0.15, 0.2) is 0 Å². The molecule has 0 spiro atoms. The van der Waals surface area contributed by atoms with Crippen LogP contribution >= 0.6 is 0 Å². The molecule has 4 N–H and O–H groups in total. The van der Waals surface area contributed by atoms with Crippen LogP contribution in [0.25, 0.3) is 0 Å². The number of hydrogen-bond donors (Lipinski definition) is 3. The van der Waals surface area contributed by atoms with E-state index in [9.17, 15) is 23.9 Å². The number of aryl methyl sites for hydroxylation is 1. The summed E-state index contributed by atoms with van der Waals surface area (Å²) in [5.41, 5.74) is 6.91. The number of nitrogens with zero attached hydrogens (tertiary/aromatic N) is 1. The Balaban J connectivity index is 1.73. The second-order valence-corrected chi connectivity index (χ2v) is 7.10. The first-order valence-electron chi connectivity index (χ1n) is 9.18. The molecule has 29 heavy (non-hydrogen) atoms. The van der Waals surface area contributed by atoms with Crippen molar-refractivity contribution in [2.24, 2.45) is 5.73 Å². The highest BCUT2D eigenvalue weighted by Crippen LogP contribution is 2.22. The first-order valence-corrected chi connectivity index (χ1v) is 9.18. The van der Waals surface area contributed by atoms with Crippen LogP contribution in [0, 0.1) is 12.7 Å². The van der Waals surface area contributed by atoms with E-state index in [0.717, 1.165) is 0 Å². The number of halogens is 1. The first-order chi connectivity index (χ1) is 13.8. The number of benzene rings is 2. The Hall–Kier alpha value is -3.26. The molecule has 2 aromatic rings. The van der Waals surface area contributed by atoms with Crippen LogP contribution in [-0.4, -0.2) is 46.4 Å². The van der Waals surface area contributed by atoms with Gasteiger partial charge >= 0.3 is 0 Å². The molecular weight excluding hydrogens is 377 g/mol. The van der Waals surface area contributed by atoms with E-state index in [2.05, 4.69) is 5.32 Å². The highest BCUT2D eigenvalue weighted by molar-refractivity contribution is 5.99. The first kappa shape index (κ1) is 20.5. The molecule has 1 aliphatic heterocycles. The number of aliphatic hydroxyl groups excluding tert-OH is 1. The Morgan fingerprint density at radius 2 is 1.97 bits per heavy atom. The maximum atomic E-state index is 13.9. The molecule has 2 atom stereocenters. The number of primary amides is 1. The average Bonchev–Trinajstić information content (AvgIpc) is 3.05. The van der Waals surface area contributed by atoms with Gasteiger partial charge in [-0.25, -0.2) is 4.39 Å². The van der Waals surface area contributed by atoms with Gasteiger partial charge in [0.2, 0.25) is 17.7 Å². The van der Waals surface area contributed by atoms with Gasteiger partial charge < -0.3 is 21.1 Å². The summed E-state index contributed by atoms with van der Waals surface area (Å²) in [6.45, 7) is 1.70. The summed E-state index contributed by atoms with van der Waals surface area (Å²) < 4.78 is 13.9. The highest BCUT2D eigenvalue weighted by atomic mass is 19.1. The van der Waals surface area contributed by atoms with E-state index in [-0.39, 0.29) is 24.9 Å². The zero-order valence-electron chi connectivity index (χ0n) is 15.9. The second-order valence-electron chi connectivity index (χ2n) is 7.10. The Morgan fingerprint density at radius 1 is 1.24 bits per heavy atom. The summed E-state index contributed by atoms with van der Waals surface area (Å²) in [5.74, 6) is -1.96. The van der Waals surface area contributed by atoms with Crippen molar-refractivity contribution in [2.75, 3.05) is 11.9 Å². The minimum Gasteiger partial charge on any atom is -0.391 e. The summed E-state index contributed by atoms with van der Waals surface area (Å²) in [5, 5.41) is 12.7. The van der Waals surface area contributed by atoms with E-state index >= 15 is 0 Å². The predicted molar refractivity (Wildman–Crippen MR) is 105 cm³/mol. The highest BCUT2D eigenvalue weighted by Gasteiger charge is 2.38. The standard InChI is InChI=1S/C21H22FN3O4/c1-12-8-14(6-7-16(12)20(23)28)24-21(29)18-10-15(26)11-25(18)19(27)9-13-4-2-3-5-17(13)22/h2-8,15,18,26H,9-11H2,1H3,(H2,23,28)(H,24,29). The second kappa shape index (κ2) is 8.40. The number of carbonyl (C=O) groups is 3. The van der Waals surface area contributed by atoms with Crippen LogP contribution < -0.4 is 11.1 Å². The SMILES string of the molecule is Cc1cc(NC(=O)C2CC(O)CN2C(=O)Cc2ccccc2F)ccc1C(N)=O. The summed E-state index contributed by atoms with van der Waals surface area (Å²) in [7, 11) is 0. The van der Waals surface area contributed by atoms with Crippen LogP contribution in [0.3, 0.4) is 0 Å². The lowest BCUT2D eigenvalue weighted by Crippen LogP contribution is -2.44. The minimum atomic E-state index is -0.875. The molecule has 0 aliphatic carbocycles. The maximum Gasteiger partial charge on any atom is 0.248 e. The molecular formula is C21H22FN3O4. The van der Waals surface area contributed by atoms with Crippen LogP contribution in [-0.2, 0) is 16.0 Å². The lowest BCUT2D eigenvalue weighted by Gasteiger charge is -2.24. The molecule has 1 aliphatic rings. The molecule has 0 radical (unpaired) electrons. The van der Waals surface area contributed by atoms with Crippen molar-refractivity contribution in [3.8, 4) is 0 Å². The normalized spacial score (nSPS) is 18.5. The third kappa shape index (κ3) is 4.60. The van der Waals surface area contributed by atoms with Gasteiger partial charge in [-0.3, -0.25) is 14.4 Å². The van der Waals surface area contributed by atoms with E-state index in [1.807, 2.05) is 0 Å². The lowest BCUT2D eigenvalue weighted by molar-refractivity contribution is -0.136. The quantitative estimate of drug-likeness (QED) is 0.705. The number of amides is 3. The minimum absolute atomic E-state index is 0.00497. The molecule has 0 bridgehead atoms. The van der Waals surface area contributed by atoms with Crippen molar-refractivity contribution in [1.29, 1.82) is 0 Å². The zero-order valence-corrected chi connectivity index (χ0v) is 15.9. The number of hydrogen-bond acceptors (Lipinski definition) is 4. The molecule has 1 saturated heterocycles. The van der Waals surface area contributed by atoms with Crippen molar-refractivity contribution in [3.63, 3.8) is 0 Å². The molecule has 2 unspecified atom stereocenters. The van der Waals surface area contributed by atoms with Crippen molar-refractivity contribution in [2.45, 2.75) is 31.9 Å². The Bertz CT molecular complexity index is 963.